The second-order valence-electron chi connectivity index (χ2n) is 3.14. The van der Waals surface area contributed by atoms with E-state index in [-0.39, 0.29) is 25.8 Å². The van der Waals surface area contributed by atoms with Gasteiger partial charge in [0.1, 0.15) is 0 Å². The van der Waals surface area contributed by atoms with Crippen LogP contribution < -0.4 is 0 Å². The summed E-state index contributed by atoms with van der Waals surface area (Å²) in [7, 11) is 0. The van der Waals surface area contributed by atoms with E-state index in [4.69, 9.17) is 0 Å². The summed E-state index contributed by atoms with van der Waals surface area (Å²) in [5, 5.41) is 0. The monoisotopic (exact) mass is 329 g/mol. The molecule has 1 rings (SSSR count). The van der Waals surface area contributed by atoms with Crippen molar-refractivity contribution in [1.82, 2.24) is 0 Å². The Labute approximate surface area is 94.9 Å². The first kappa shape index (κ1) is 12.4. The molecule has 0 heterocycles. The number of rotatable bonds is 4. The van der Waals surface area contributed by atoms with E-state index >= 15 is 0 Å². The first-order valence-electron chi connectivity index (χ1n) is 4.66. The van der Waals surface area contributed by atoms with Gasteiger partial charge in [0.2, 0.25) is 0 Å². The third kappa shape index (κ3) is 3.84. The molecular formula is C11H17Hf-. The SMILES string of the molecule is CCCCC1=CC(CC)=[C-]C1.[Hf]. The molecule has 0 saturated heterocycles. The number of allylic oxidation sites excluding steroid dienone is 4. The van der Waals surface area contributed by atoms with Crippen molar-refractivity contribution in [3.63, 3.8) is 0 Å². The van der Waals surface area contributed by atoms with Crippen molar-refractivity contribution in [2.75, 3.05) is 0 Å². The Hall–Kier alpha value is 0.350. The Morgan fingerprint density at radius 1 is 1.42 bits per heavy atom. The van der Waals surface area contributed by atoms with Crippen LogP contribution in [0, 0.1) is 6.08 Å². The van der Waals surface area contributed by atoms with Crippen LogP contribution in [0.3, 0.4) is 0 Å². The van der Waals surface area contributed by atoms with Crippen molar-refractivity contribution >= 4 is 0 Å². The molecule has 0 unspecified atom stereocenters. The molecule has 0 N–H and O–H groups in total. The van der Waals surface area contributed by atoms with Gasteiger partial charge in [-0.1, -0.05) is 33.1 Å². The van der Waals surface area contributed by atoms with Crippen LogP contribution in [0.1, 0.15) is 46.0 Å². The van der Waals surface area contributed by atoms with Gasteiger partial charge < -0.3 is 0 Å². The molecule has 0 aliphatic heterocycles. The molecule has 1 aliphatic carbocycles. The second kappa shape index (κ2) is 6.82. The molecule has 0 saturated carbocycles. The standard InChI is InChI=1S/C11H17.Hf/c1-3-5-6-11-8-7-10(4-2)9-11;/h9H,3-6,8H2,1-2H3;/q-1;. The summed E-state index contributed by atoms with van der Waals surface area (Å²) in [5.74, 6) is 0. The van der Waals surface area contributed by atoms with Crippen molar-refractivity contribution < 1.29 is 25.8 Å². The van der Waals surface area contributed by atoms with Gasteiger partial charge in [-0.2, -0.15) is 5.57 Å². The molecule has 0 radical (unpaired) electrons. The minimum atomic E-state index is 0. The zero-order valence-corrected chi connectivity index (χ0v) is 11.7. The largest absolute Gasteiger partial charge is 0.269 e. The fourth-order valence-corrected chi connectivity index (χ4v) is 1.37. The summed E-state index contributed by atoms with van der Waals surface area (Å²) in [5.41, 5.74) is 3.00. The fourth-order valence-electron chi connectivity index (χ4n) is 1.37. The van der Waals surface area contributed by atoms with E-state index in [9.17, 15) is 0 Å². The van der Waals surface area contributed by atoms with Crippen molar-refractivity contribution in [2.45, 2.75) is 46.0 Å². The molecule has 0 amide bonds. The Morgan fingerprint density at radius 3 is 2.67 bits per heavy atom. The molecule has 1 aliphatic rings. The average molecular weight is 328 g/mol. The van der Waals surface area contributed by atoms with E-state index in [0.29, 0.717) is 0 Å². The average Bonchev–Trinajstić information content (AvgIpc) is 2.48. The first-order valence-corrected chi connectivity index (χ1v) is 4.66. The van der Waals surface area contributed by atoms with Gasteiger partial charge in [0.25, 0.3) is 0 Å². The van der Waals surface area contributed by atoms with E-state index in [2.05, 4.69) is 26.0 Å². The second-order valence-corrected chi connectivity index (χ2v) is 3.14. The zero-order valence-electron chi connectivity index (χ0n) is 8.11. The molecule has 0 fully saturated rings. The molecule has 66 valence electrons. The van der Waals surface area contributed by atoms with Gasteiger partial charge in [0.15, 0.2) is 0 Å². The molecule has 1 heteroatoms. The van der Waals surface area contributed by atoms with Crippen LogP contribution in [0.15, 0.2) is 17.2 Å². The zero-order chi connectivity index (χ0) is 8.10. The van der Waals surface area contributed by atoms with Gasteiger partial charge in [-0.25, -0.2) is 11.6 Å². The van der Waals surface area contributed by atoms with Crippen LogP contribution in [-0.2, 0) is 25.8 Å². The molecule has 0 aromatic carbocycles. The smallest absolute Gasteiger partial charge is 0 e. The van der Waals surface area contributed by atoms with E-state index in [1.807, 2.05) is 0 Å². The van der Waals surface area contributed by atoms with Crippen molar-refractivity contribution in [1.29, 1.82) is 0 Å². The topological polar surface area (TPSA) is 0 Å². The predicted molar refractivity (Wildman–Crippen MR) is 49.3 cm³/mol. The molecule has 0 atom stereocenters. The van der Waals surface area contributed by atoms with E-state index in [0.717, 1.165) is 12.8 Å². The van der Waals surface area contributed by atoms with Gasteiger partial charge in [-0.05, 0) is 6.42 Å². The summed E-state index contributed by atoms with van der Waals surface area (Å²) in [6.45, 7) is 4.44. The Morgan fingerprint density at radius 2 is 2.17 bits per heavy atom. The summed E-state index contributed by atoms with van der Waals surface area (Å²) in [4.78, 5) is 0. The quantitative estimate of drug-likeness (QED) is 0.546. The maximum atomic E-state index is 3.39. The van der Waals surface area contributed by atoms with Gasteiger partial charge in [-0.15, -0.1) is 6.42 Å². The maximum absolute atomic E-state index is 3.39. The molecule has 0 nitrogen and oxygen atoms in total. The number of hydrogen-bond acceptors (Lipinski definition) is 0. The van der Waals surface area contributed by atoms with Crippen LogP contribution in [0.4, 0.5) is 0 Å². The van der Waals surface area contributed by atoms with E-state index in [1.54, 1.807) is 5.57 Å². The fraction of sp³-hybridized carbons (Fsp3) is 0.636. The summed E-state index contributed by atoms with van der Waals surface area (Å²) >= 11 is 0. The molecule has 0 bridgehead atoms. The maximum Gasteiger partial charge on any atom is 0 e. The van der Waals surface area contributed by atoms with Crippen LogP contribution in [0.2, 0.25) is 0 Å². The van der Waals surface area contributed by atoms with Gasteiger partial charge >= 0.3 is 0 Å². The minimum absolute atomic E-state index is 0. The van der Waals surface area contributed by atoms with Gasteiger partial charge in [0.05, 0.1) is 0 Å². The normalized spacial score (nSPS) is 15.2. The third-order valence-corrected chi connectivity index (χ3v) is 2.15. The Balaban J connectivity index is 0.00000121. The first-order chi connectivity index (χ1) is 5.36. The van der Waals surface area contributed by atoms with Crippen molar-refractivity contribution in [3.8, 4) is 0 Å². The molecule has 0 aromatic heterocycles. The summed E-state index contributed by atoms with van der Waals surface area (Å²) in [6, 6.07) is 0. The van der Waals surface area contributed by atoms with Crippen molar-refractivity contribution in [3.05, 3.63) is 23.3 Å². The Kier molecular flexibility index (Phi) is 7.02. The summed E-state index contributed by atoms with van der Waals surface area (Å²) in [6.07, 6.45) is 11.9. The number of hydrogen-bond donors (Lipinski definition) is 0. The van der Waals surface area contributed by atoms with Crippen LogP contribution in [-0.4, -0.2) is 0 Å². The minimum Gasteiger partial charge on any atom is -0.269 e. The van der Waals surface area contributed by atoms with E-state index in [1.165, 1.54) is 24.8 Å². The van der Waals surface area contributed by atoms with Crippen LogP contribution >= 0.6 is 0 Å². The predicted octanol–water partition coefficient (Wildman–Crippen LogP) is 3.64. The van der Waals surface area contributed by atoms with Crippen LogP contribution in [0.25, 0.3) is 0 Å². The van der Waals surface area contributed by atoms with Crippen LogP contribution in [0.5, 0.6) is 0 Å². The van der Waals surface area contributed by atoms with Gasteiger partial charge in [-0.3, -0.25) is 6.08 Å². The van der Waals surface area contributed by atoms with Gasteiger partial charge in [0, 0.05) is 25.8 Å². The van der Waals surface area contributed by atoms with Crippen molar-refractivity contribution in [2.24, 2.45) is 0 Å². The molecule has 0 spiro atoms. The molecule has 12 heavy (non-hydrogen) atoms. The summed E-state index contributed by atoms with van der Waals surface area (Å²) < 4.78 is 0. The molecule has 0 aromatic rings. The molecular weight excluding hydrogens is 311 g/mol. The van der Waals surface area contributed by atoms with E-state index < -0.39 is 0 Å². The third-order valence-electron chi connectivity index (χ3n) is 2.15. The Bertz CT molecular complexity index is 177. The number of unbranched alkanes of at least 4 members (excludes halogenated alkanes) is 1.